The van der Waals surface area contributed by atoms with E-state index in [0.717, 1.165) is 16.9 Å². The van der Waals surface area contributed by atoms with Crippen LogP contribution in [0.25, 0.3) is 11.4 Å². The highest BCUT2D eigenvalue weighted by atomic mass is 16.5. The topological polar surface area (TPSA) is 74.5 Å². The third-order valence-corrected chi connectivity index (χ3v) is 3.58. The van der Waals surface area contributed by atoms with E-state index < -0.39 is 0 Å². The first-order valence-corrected chi connectivity index (χ1v) is 7.91. The Morgan fingerprint density at radius 1 is 1.12 bits per heavy atom. The Morgan fingerprint density at radius 2 is 1.96 bits per heavy atom. The van der Waals surface area contributed by atoms with Gasteiger partial charge in [0.2, 0.25) is 11.7 Å². The summed E-state index contributed by atoms with van der Waals surface area (Å²) in [5.74, 6) is 1.34. The van der Waals surface area contributed by atoms with E-state index in [1.165, 1.54) is 0 Å². The Kier molecular flexibility index (Phi) is 5.41. The summed E-state index contributed by atoms with van der Waals surface area (Å²) in [7, 11) is 1.60. The third-order valence-electron chi connectivity index (χ3n) is 3.58. The molecule has 0 amide bonds. The van der Waals surface area contributed by atoms with Gasteiger partial charge in [0.1, 0.15) is 12.4 Å². The smallest absolute Gasteiger partial charge is 0.306 e. The zero-order valence-corrected chi connectivity index (χ0v) is 13.8. The van der Waals surface area contributed by atoms with Crippen LogP contribution < -0.4 is 4.74 Å². The predicted molar refractivity (Wildman–Crippen MR) is 90.8 cm³/mol. The number of benzene rings is 2. The van der Waals surface area contributed by atoms with E-state index in [4.69, 9.17) is 14.0 Å². The van der Waals surface area contributed by atoms with Crippen LogP contribution in [0.3, 0.4) is 0 Å². The molecule has 3 rings (SSSR count). The van der Waals surface area contributed by atoms with Crippen LogP contribution in [-0.2, 0) is 22.6 Å². The van der Waals surface area contributed by atoms with Crippen molar-refractivity contribution in [1.82, 2.24) is 10.1 Å². The number of ether oxygens (including phenoxy) is 2. The Hall–Kier alpha value is -3.15. The number of carbonyl (C=O) groups is 1. The fourth-order valence-electron chi connectivity index (χ4n) is 2.27. The maximum Gasteiger partial charge on any atom is 0.306 e. The maximum atomic E-state index is 11.9. The van der Waals surface area contributed by atoms with Crippen LogP contribution in [0.15, 0.2) is 59.1 Å². The number of hydrogen-bond acceptors (Lipinski definition) is 6. The number of hydrogen-bond donors (Lipinski definition) is 0. The van der Waals surface area contributed by atoms with Crippen molar-refractivity contribution in [3.8, 4) is 17.1 Å². The SMILES string of the molecule is COc1cccc(COC(=O)CCc2nc(-c3ccccc3)no2)c1. The highest BCUT2D eigenvalue weighted by Gasteiger charge is 2.11. The Labute approximate surface area is 145 Å². The minimum atomic E-state index is -0.317. The van der Waals surface area contributed by atoms with Crippen molar-refractivity contribution in [1.29, 1.82) is 0 Å². The predicted octanol–water partition coefficient (Wildman–Crippen LogP) is 3.42. The highest BCUT2D eigenvalue weighted by molar-refractivity contribution is 5.69. The van der Waals surface area contributed by atoms with Gasteiger partial charge >= 0.3 is 5.97 Å². The molecule has 0 aliphatic rings. The fourth-order valence-corrected chi connectivity index (χ4v) is 2.27. The maximum absolute atomic E-state index is 11.9. The molecule has 0 bridgehead atoms. The number of methoxy groups -OCH3 is 1. The molecule has 0 aliphatic carbocycles. The largest absolute Gasteiger partial charge is 0.497 e. The van der Waals surface area contributed by atoms with E-state index in [1.54, 1.807) is 7.11 Å². The molecule has 2 aromatic carbocycles. The van der Waals surface area contributed by atoms with Crippen LogP contribution in [0.1, 0.15) is 17.9 Å². The van der Waals surface area contributed by atoms with Crippen LogP contribution >= 0.6 is 0 Å². The zero-order valence-electron chi connectivity index (χ0n) is 13.8. The number of rotatable bonds is 7. The minimum Gasteiger partial charge on any atom is -0.497 e. The summed E-state index contributed by atoms with van der Waals surface area (Å²) in [6, 6.07) is 16.9. The van der Waals surface area contributed by atoms with Crippen LogP contribution in [0.5, 0.6) is 5.75 Å². The van der Waals surface area contributed by atoms with Crippen LogP contribution in [0.4, 0.5) is 0 Å². The van der Waals surface area contributed by atoms with Gasteiger partial charge in [-0.1, -0.05) is 47.6 Å². The molecule has 0 radical (unpaired) electrons. The number of esters is 1. The second kappa shape index (κ2) is 8.10. The lowest BCUT2D eigenvalue weighted by atomic mass is 10.2. The van der Waals surface area contributed by atoms with Gasteiger partial charge in [-0.25, -0.2) is 0 Å². The molecule has 0 atom stereocenters. The molecule has 6 heteroatoms. The molecule has 3 aromatic rings. The Bertz CT molecular complexity index is 830. The highest BCUT2D eigenvalue weighted by Crippen LogP contribution is 2.16. The molecule has 1 aromatic heterocycles. The molecule has 0 fully saturated rings. The second-order valence-corrected chi connectivity index (χ2v) is 5.39. The van der Waals surface area contributed by atoms with Crippen LogP contribution in [0, 0.1) is 0 Å². The van der Waals surface area contributed by atoms with E-state index in [-0.39, 0.29) is 19.0 Å². The standard InChI is InChI=1S/C19H18N2O4/c1-23-16-9-5-6-14(12-16)13-24-18(22)11-10-17-20-19(21-25-17)15-7-3-2-4-8-15/h2-9,12H,10-11,13H2,1H3. The van der Waals surface area contributed by atoms with E-state index in [0.29, 0.717) is 18.1 Å². The molecule has 0 saturated heterocycles. The van der Waals surface area contributed by atoms with Gasteiger partial charge in [0.15, 0.2) is 0 Å². The van der Waals surface area contributed by atoms with Gasteiger partial charge in [-0.05, 0) is 17.7 Å². The normalized spacial score (nSPS) is 10.4. The summed E-state index contributed by atoms with van der Waals surface area (Å²) in [6.07, 6.45) is 0.525. The van der Waals surface area contributed by atoms with Gasteiger partial charge in [0.25, 0.3) is 0 Å². The summed E-state index contributed by atoms with van der Waals surface area (Å²) in [5.41, 5.74) is 1.75. The van der Waals surface area contributed by atoms with Crippen molar-refractivity contribution in [2.75, 3.05) is 7.11 Å². The summed E-state index contributed by atoms with van der Waals surface area (Å²) in [5, 5.41) is 3.92. The van der Waals surface area contributed by atoms with Gasteiger partial charge in [-0.3, -0.25) is 4.79 Å². The average molecular weight is 338 g/mol. The lowest BCUT2D eigenvalue weighted by Gasteiger charge is -2.05. The molecule has 1 heterocycles. The summed E-state index contributed by atoms with van der Waals surface area (Å²) < 4.78 is 15.6. The van der Waals surface area contributed by atoms with E-state index in [9.17, 15) is 4.79 Å². The lowest BCUT2D eigenvalue weighted by molar-refractivity contribution is -0.145. The van der Waals surface area contributed by atoms with Gasteiger partial charge in [-0.15, -0.1) is 0 Å². The summed E-state index contributed by atoms with van der Waals surface area (Å²) in [6.45, 7) is 0.204. The quantitative estimate of drug-likeness (QED) is 0.615. The van der Waals surface area contributed by atoms with Crippen molar-refractivity contribution >= 4 is 5.97 Å². The number of aromatic nitrogens is 2. The van der Waals surface area contributed by atoms with Gasteiger partial charge in [0.05, 0.1) is 13.5 Å². The molecule has 0 aliphatic heterocycles. The zero-order chi connectivity index (χ0) is 17.5. The van der Waals surface area contributed by atoms with Crippen molar-refractivity contribution in [2.45, 2.75) is 19.4 Å². The molecule has 25 heavy (non-hydrogen) atoms. The van der Waals surface area contributed by atoms with Crippen LogP contribution in [-0.4, -0.2) is 23.2 Å². The van der Waals surface area contributed by atoms with E-state index >= 15 is 0 Å². The number of nitrogens with zero attached hydrogens (tertiary/aromatic N) is 2. The molecule has 0 unspecified atom stereocenters. The Morgan fingerprint density at radius 3 is 2.76 bits per heavy atom. The lowest BCUT2D eigenvalue weighted by Crippen LogP contribution is -2.06. The molecule has 0 N–H and O–H groups in total. The molecule has 0 spiro atoms. The first-order valence-electron chi connectivity index (χ1n) is 7.91. The Balaban J connectivity index is 1.48. The van der Waals surface area contributed by atoms with Crippen molar-refractivity contribution in [3.63, 3.8) is 0 Å². The number of carbonyl (C=O) groups excluding carboxylic acids is 1. The molecular weight excluding hydrogens is 320 g/mol. The fraction of sp³-hybridized carbons (Fsp3) is 0.211. The second-order valence-electron chi connectivity index (χ2n) is 5.39. The van der Waals surface area contributed by atoms with Crippen molar-refractivity contribution in [3.05, 3.63) is 66.1 Å². The van der Waals surface area contributed by atoms with E-state index in [1.807, 2.05) is 54.6 Å². The monoisotopic (exact) mass is 338 g/mol. The third kappa shape index (κ3) is 4.67. The van der Waals surface area contributed by atoms with Gasteiger partial charge < -0.3 is 14.0 Å². The first kappa shape index (κ1) is 16.7. The summed E-state index contributed by atoms with van der Waals surface area (Å²) in [4.78, 5) is 16.2. The molecular formula is C19H18N2O4. The molecule has 0 saturated carbocycles. The average Bonchev–Trinajstić information content (AvgIpc) is 3.15. The first-order chi connectivity index (χ1) is 12.2. The van der Waals surface area contributed by atoms with Crippen molar-refractivity contribution < 1.29 is 18.8 Å². The summed E-state index contributed by atoms with van der Waals surface area (Å²) >= 11 is 0. The minimum absolute atomic E-state index is 0.181. The molecule has 6 nitrogen and oxygen atoms in total. The van der Waals surface area contributed by atoms with Crippen LogP contribution in [0.2, 0.25) is 0 Å². The van der Waals surface area contributed by atoms with E-state index in [2.05, 4.69) is 10.1 Å². The van der Waals surface area contributed by atoms with Gasteiger partial charge in [-0.2, -0.15) is 4.98 Å². The molecule has 128 valence electrons. The van der Waals surface area contributed by atoms with Gasteiger partial charge in [0, 0.05) is 12.0 Å². The number of aryl methyl sites for hydroxylation is 1. The van der Waals surface area contributed by atoms with Crippen molar-refractivity contribution in [2.24, 2.45) is 0 Å².